The molecule has 3 nitrogen and oxygen atoms in total. The SMILES string of the molecule is O=C(OCc1ccccc1)N1CC=CCC1c1ccccc1. The zero-order chi connectivity index (χ0) is 15.2. The highest BCUT2D eigenvalue weighted by molar-refractivity contribution is 5.69. The van der Waals surface area contributed by atoms with Crippen LogP contribution in [0.2, 0.25) is 0 Å². The van der Waals surface area contributed by atoms with Crippen LogP contribution in [-0.2, 0) is 11.3 Å². The van der Waals surface area contributed by atoms with Gasteiger partial charge in [-0.1, -0.05) is 72.8 Å². The molecule has 0 aliphatic carbocycles. The Hall–Kier alpha value is -2.55. The van der Waals surface area contributed by atoms with Crippen LogP contribution in [0.15, 0.2) is 72.8 Å². The molecule has 2 aromatic rings. The molecular weight excluding hydrogens is 274 g/mol. The lowest BCUT2D eigenvalue weighted by atomic mass is 10.00. The number of ether oxygens (including phenoxy) is 1. The molecule has 0 N–H and O–H groups in total. The van der Waals surface area contributed by atoms with Crippen molar-refractivity contribution in [1.29, 1.82) is 0 Å². The number of nitrogens with zero attached hydrogens (tertiary/aromatic N) is 1. The lowest BCUT2D eigenvalue weighted by Gasteiger charge is -2.32. The summed E-state index contributed by atoms with van der Waals surface area (Å²) in [6.07, 6.45) is 4.70. The molecule has 2 aromatic carbocycles. The van der Waals surface area contributed by atoms with Gasteiger partial charge >= 0.3 is 6.09 Å². The van der Waals surface area contributed by atoms with E-state index < -0.39 is 0 Å². The quantitative estimate of drug-likeness (QED) is 0.788. The predicted molar refractivity (Wildman–Crippen MR) is 86.3 cm³/mol. The topological polar surface area (TPSA) is 29.5 Å². The minimum Gasteiger partial charge on any atom is -0.445 e. The Morgan fingerprint density at radius 1 is 1.00 bits per heavy atom. The van der Waals surface area contributed by atoms with Gasteiger partial charge in [0.2, 0.25) is 0 Å². The third-order valence-corrected chi connectivity index (χ3v) is 3.83. The number of amides is 1. The highest BCUT2D eigenvalue weighted by atomic mass is 16.6. The van der Waals surface area contributed by atoms with Gasteiger partial charge in [-0.2, -0.15) is 0 Å². The summed E-state index contributed by atoms with van der Waals surface area (Å²) in [4.78, 5) is 14.2. The zero-order valence-electron chi connectivity index (χ0n) is 12.4. The van der Waals surface area contributed by atoms with Gasteiger partial charge in [0.1, 0.15) is 6.61 Å². The van der Waals surface area contributed by atoms with Gasteiger partial charge in [0.15, 0.2) is 0 Å². The number of carbonyl (C=O) groups is 1. The summed E-state index contributed by atoms with van der Waals surface area (Å²) in [5, 5.41) is 0. The maximum absolute atomic E-state index is 12.4. The van der Waals surface area contributed by atoms with Crippen molar-refractivity contribution in [2.75, 3.05) is 6.54 Å². The monoisotopic (exact) mass is 293 g/mol. The minimum absolute atomic E-state index is 0.0504. The second-order valence-electron chi connectivity index (χ2n) is 5.33. The molecule has 1 amide bonds. The van der Waals surface area contributed by atoms with Crippen LogP contribution < -0.4 is 0 Å². The summed E-state index contributed by atoms with van der Waals surface area (Å²) in [6, 6.07) is 19.9. The molecule has 1 heterocycles. The summed E-state index contributed by atoms with van der Waals surface area (Å²) in [7, 11) is 0. The van der Waals surface area contributed by atoms with E-state index in [1.165, 1.54) is 0 Å². The van der Waals surface area contributed by atoms with Gasteiger partial charge in [0.05, 0.1) is 6.04 Å². The van der Waals surface area contributed by atoms with E-state index in [1.54, 1.807) is 4.90 Å². The Bertz CT molecular complexity index is 637. The molecule has 0 saturated heterocycles. The maximum atomic E-state index is 12.4. The summed E-state index contributed by atoms with van der Waals surface area (Å²) in [6.45, 7) is 0.897. The van der Waals surface area contributed by atoms with E-state index in [1.807, 2.05) is 54.6 Å². The maximum Gasteiger partial charge on any atom is 0.410 e. The van der Waals surface area contributed by atoms with Crippen LogP contribution in [0.5, 0.6) is 0 Å². The minimum atomic E-state index is -0.262. The lowest BCUT2D eigenvalue weighted by molar-refractivity contribution is 0.0832. The van der Waals surface area contributed by atoms with E-state index in [4.69, 9.17) is 4.74 Å². The molecule has 0 fully saturated rings. The molecule has 3 rings (SSSR count). The first-order chi connectivity index (χ1) is 10.8. The van der Waals surface area contributed by atoms with Crippen molar-refractivity contribution in [2.45, 2.75) is 19.1 Å². The van der Waals surface area contributed by atoms with Crippen molar-refractivity contribution in [1.82, 2.24) is 4.90 Å². The van der Waals surface area contributed by atoms with Crippen LogP contribution in [0.25, 0.3) is 0 Å². The van der Waals surface area contributed by atoms with Crippen molar-refractivity contribution in [2.24, 2.45) is 0 Å². The van der Waals surface area contributed by atoms with Gasteiger partial charge in [-0.15, -0.1) is 0 Å². The van der Waals surface area contributed by atoms with Crippen LogP contribution in [0.3, 0.4) is 0 Å². The summed E-state index contributed by atoms with van der Waals surface area (Å²) < 4.78 is 5.47. The van der Waals surface area contributed by atoms with Crippen LogP contribution in [0.4, 0.5) is 4.79 Å². The highest BCUT2D eigenvalue weighted by Gasteiger charge is 2.26. The van der Waals surface area contributed by atoms with Gasteiger partial charge < -0.3 is 4.74 Å². The van der Waals surface area contributed by atoms with Crippen molar-refractivity contribution in [3.05, 3.63) is 83.9 Å². The molecule has 1 aliphatic heterocycles. The Morgan fingerprint density at radius 3 is 2.41 bits per heavy atom. The molecule has 1 unspecified atom stereocenters. The Kier molecular flexibility index (Phi) is 4.54. The standard InChI is InChI=1S/C19H19NO2/c21-19(22-15-16-9-3-1-4-10-16)20-14-8-7-13-18(20)17-11-5-2-6-12-17/h1-12,18H,13-15H2. The zero-order valence-corrected chi connectivity index (χ0v) is 12.4. The fourth-order valence-electron chi connectivity index (χ4n) is 2.66. The van der Waals surface area contributed by atoms with Gasteiger partial charge in [-0.25, -0.2) is 4.79 Å². The molecule has 0 bridgehead atoms. The molecule has 22 heavy (non-hydrogen) atoms. The number of carbonyl (C=O) groups excluding carboxylic acids is 1. The molecule has 0 spiro atoms. The van der Waals surface area contributed by atoms with Crippen molar-refractivity contribution in [3.8, 4) is 0 Å². The Labute approximate surface area is 130 Å². The summed E-state index contributed by atoms with van der Waals surface area (Å²) in [5.74, 6) is 0. The lowest BCUT2D eigenvalue weighted by Crippen LogP contribution is -2.37. The number of hydrogen-bond acceptors (Lipinski definition) is 2. The molecule has 0 radical (unpaired) electrons. The van der Waals surface area contributed by atoms with E-state index >= 15 is 0 Å². The summed E-state index contributed by atoms with van der Waals surface area (Å²) >= 11 is 0. The van der Waals surface area contributed by atoms with Gasteiger partial charge in [0.25, 0.3) is 0 Å². The van der Waals surface area contributed by atoms with E-state index in [2.05, 4.69) is 18.2 Å². The smallest absolute Gasteiger partial charge is 0.410 e. The third-order valence-electron chi connectivity index (χ3n) is 3.83. The molecule has 0 saturated carbocycles. The highest BCUT2D eigenvalue weighted by Crippen LogP contribution is 2.28. The van der Waals surface area contributed by atoms with Crippen LogP contribution in [0.1, 0.15) is 23.6 Å². The average molecular weight is 293 g/mol. The van der Waals surface area contributed by atoms with Crippen LogP contribution in [-0.4, -0.2) is 17.5 Å². The first-order valence-corrected chi connectivity index (χ1v) is 7.52. The van der Waals surface area contributed by atoms with E-state index in [0.717, 1.165) is 17.5 Å². The molecular formula is C19H19NO2. The van der Waals surface area contributed by atoms with Crippen LogP contribution >= 0.6 is 0 Å². The average Bonchev–Trinajstić information content (AvgIpc) is 2.61. The van der Waals surface area contributed by atoms with E-state index in [-0.39, 0.29) is 12.1 Å². The molecule has 112 valence electrons. The van der Waals surface area contributed by atoms with Crippen molar-refractivity contribution < 1.29 is 9.53 Å². The largest absolute Gasteiger partial charge is 0.445 e. The third kappa shape index (κ3) is 3.37. The van der Waals surface area contributed by atoms with Gasteiger partial charge in [-0.05, 0) is 17.5 Å². The summed E-state index contributed by atoms with van der Waals surface area (Å²) in [5.41, 5.74) is 2.14. The first kappa shape index (κ1) is 14.4. The van der Waals surface area contributed by atoms with E-state index in [9.17, 15) is 4.79 Å². The van der Waals surface area contributed by atoms with Crippen LogP contribution in [0, 0.1) is 0 Å². The molecule has 0 aromatic heterocycles. The molecule has 3 heteroatoms. The fourth-order valence-corrected chi connectivity index (χ4v) is 2.66. The van der Waals surface area contributed by atoms with Gasteiger partial charge in [-0.3, -0.25) is 4.90 Å². The first-order valence-electron chi connectivity index (χ1n) is 7.52. The van der Waals surface area contributed by atoms with Gasteiger partial charge in [0, 0.05) is 6.54 Å². The molecule has 1 atom stereocenters. The van der Waals surface area contributed by atoms with Crippen molar-refractivity contribution >= 4 is 6.09 Å². The second-order valence-corrected chi connectivity index (χ2v) is 5.33. The number of benzene rings is 2. The Morgan fingerprint density at radius 2 is 1.68 bits per heavy atom. The molecule has 1 aliphatic rings. The fraction of sp³-hybridized carbons (Fsp3) is 0.211. The predicted octanol–water partition coefficient (Wildman–Crippen LogP) is 4.33. The number of rotatable bonds is 3. The van der Waals surface area contributed by atoms with E-state index in [0.29, 0.717) is 13.2 Å². The number of hydrogen-bond donors (Lipinski definition) is 0. The second kappa shape index (κ2) is 6.94. The van der Waals surface area contributed by atoms with Crippen molar-refractivity contribution in [3.63, 3.8) is 0 Å². The normalized spacial score (nSPS) is 17.3. The Balaban J connectivity index is 1.68.